The normalized spacial score (nSPS) is 24.3. The van der Waals surface area contributed by atoms with Crippen LogP contribution in [0.1, 0.15) is 50.7 Å². The summed E-state index contributed by atoms with van der Waals surface area (Å²) in [6.07, 6.45) is 6.25. The van der Waals surface area contributed by atoms with E-state index in [0.717, 1.165) is 38.5 Å². The first-order chi connectivity index (χ1) is 8.81. The summed E-state index contributed by atoms with van der Waals surface area (Å²) >= 11 is 0. The molecule has 1 heterocycles. The topological polar surface area (TPSA) is 68.4 Å². The summed E-state index contributed by atoms with van der Waals surface area (Å²) in [6, 6.07) is 0. The van der Waals surface area contributed by atoms with Crippen LogP contribution in [0.15, 0.2) is 4.52 Å². The first-order valence-electron chi connectivity index (χ1n) is 6.85. The first-order valence-corrected chi connectivity index (χ1v) is 6.85. The Hall–Kier alpha value is -0.940. The van der Waals surface area contributed by atoms with E-state index in [-0.39, 0.29) is 6.10 Å². The molecule has 1 aromatic rings. The molecule has 0 atom stereocenters. The highest BCUT2D eigenvalue weighted by atomic mass is 16.5. The lowest BCUT2D eigenvalue weighted by Gasteiger charge is -2.26. The summed E-state index contributed by atoms with van der Waals surface area (Å²) in [5.74, 6) is 1.80. The number of aliphatic hydroxyl groups is 1. The Morgan fingerprint density at radius 3 is 2.78 bits per heavy atom. The van der Waals surface area contributed by atoms with Gasteiger partial charge in [-0.1, -0.05) is 12.1 Å². The Balaban J connectivity index is 1.71. The molecule has 1 saturated carbocycles. The van der Waals surface area contributed by atoms with E-state index in [2.05, 4.69) is 17.1 Å². The third-order valence-corrected chi connectivity index (χ3v) is 3.47. The highest BCUT2D eigenvalue weighted by Gasteiger charge is 2.21. The van der Waals surface area contributed by atoms with Crippen molar-refractivity contribution in [1.82, 2.24) is 10.1 Å². The van der Waals surface area contributed by atoms with E-state index in [1.54, 1.807) is 0 Å². The summed E-state index contributed by atoms with van der Waals surface area (Å²) in [5.41, 5.74) is 0. The van der Waals surface area contributed by atoms with E-state index in [1.165, 1.54) is 0 Å². The Kier molecular flexibility index (Phi) is 5.13. The molecule has 2 rings (SSSR count). The van der Waals surface area contributed by atoms with Crippen molar-refractivity contribution in [2.45, 2.75) is 58.2 Å². The molecule has 0 aromatic carbocycles. The van der Waals surface area contributed by atoms with Crippen molar-refractivity contribution in [3.63, 3.8) is 0 Å². The van der Waals surface area contributed by atoms with Crippen LogP contribution in [0.4, 0.5) is 0 Å². The van der Waals surface area contributed by atoms with Gasteiger partial charge in [-0.2, -0.15) is 4.98 Å². The maximum atomic E-state index is 9.07. The maximum Gasteiger partial charge on any atom is 0.226 e. The molecule has 0 spiro atoms. The van der Waals surface area contributed by atoms with Crippen molar-refractivity contribution in [2.24, 2.45) is 5.92 Å². The zero-order valence-electron chi connectivity index (χ0n) is 11.0. The number of aryl methyl sites for hydroxylation is 1. The van der Waals surface area contributed by atoms with Crippen LogP contribution in [0.2, 0.25) is 0 Å². The minimum atomic E-state index is 0.279. The molecule has 5 heteroatoms. The van der Waals surface area contributed by atoms with E-state index in [9.17, 15) is 0 Å². The van der Waals surface area contributed by atoms with Crippen molar-refractivity contribution < 1.29 is 14.4 Å². The van der Waals surface area contributed by atoms with E-state index < -0.39 is 0 Å². The van der Waals surface area contributed by atoms with Crippen molar-refractivity contribution >= 4 is 0 Å². The van der Waals surface area contributed by atoms with E-state index in [1.807, 2.05) is 0 Å². The third kappa shape index (κ3) is 3.78. The second kappa shape index (κ2) is 6.85. The SMILES string of the molecule is CCCc1nc(COC2CCC(CO)CC2)no1. The average Bonchev–Trinajstić information content (AvgIpc) is 2.85. The molecule has 1 fully saturated rings. The Labute approximate surface area is 108 Å². The lowest BCUT2D eigenvalue weighted by atomic mass is 9.88. The van der Waals surface area contributed by atoms with Gasteiger partial charge in [0.05, 0.1) is 6.10 Å². The van der Waals surface area contributed by atoms with Crippen molar-refractivity contribution in [3.05, 3.63) is 11.7 Å². The fraction of sp³-hybridized carbons (Fsp3) is 0.846. The minimum Gasteiger partial charge on any atom is -0.396 e. The van der Waals surface area contributed by atoms with Crippen LogP contribution in [0.25, 0.3) is 0 Å². The fourth-order valence-electron chi connectivity index (χ4n) is 2.34. The molecule has 1 aliphatic carbocycles. The summed E-state index contributed by atoms with van der Waals surface area (Å²) in [6.45, 7) is 2.82. The molecule has 0 bridgehead atoms. The van der Waals surface area contributed by atoms with Gasteiger partial charge in [0.15, 0.2) is 5.82 Å². The van der Waals surface area contributed by atoms with Crippen LogP contribution in [-0.4, -0.2) is 28.0 Å². The van der Waals surface area contributed by atoms with Crippen molar-refractivity contribution in [2.75, 3.05) is 6.61 Å². The van der Waals surface area contributed by atoms with Crippen LogP contribution < -0.4 is 0 Å². The zero-order chi connectivity index (χ0) is 12.8. The molecular formula is C13H22N2O3. The zero-order valence-corrected chi connectivity index (χ0v) is 11.0. The molecule has 0 saturated heterocycles. The number of aromatic nitrogens is 2. The molecule has 0 amide bonds. The number of nitrogens with zero attached hydrogens (tertiary/aromatic N) is 2. The fourth-order valence-corrected chi connectivity index (χ4v) is 2.34. The van der Waals surface area contributed by atoms with Crippen LogP contribution in [-0.2, 0) is 17.8 Å². The summed E-state index contributed by atoms with van der Waals surface area (Å²) in [4.78, 5) is 4.27. The van der Waals surface area contributed by atoms with Crippen LogP contribution in [0.3, 0.4) is 0 Å². The number of aliphatic hydroxyl groups excluding tert-OH is 1. The number of hydrogen-bond donors (Lipinski definition) is 1. The maximum absolute atomic E-state index is 9.07. The number of rotatable bonds is 6. The largest absolute Gasteiger partial charge is 0.396 e. The van der Waals surface area contributed by atoms with E-state index >= 15 is 0 Å². The molecule has 102 valence electrons. The lowest BCUT2D eigenvalue weighted by Crippen LogP contribution is -2.23. The molecule has 1 N–H and O–H groups in total. The molecule has 0 radical (unpaired) electrons. The Morgan fingerprint density at radius 2 is 2.11 bits per heavy atom. The molecule has 18 heavy (non-hydrogen) atoms. The summed E-state index contributed by atoms with van der Waals surface area (Å²) in [5, 5.41) is 13.0. The standard InChI is InChI=1S/C13H22N2O3/c1-2-3-13-14-12(15-18-13)9-17-11-6-4-10(8-16)5-7-11/h10-11,16H,2-9H2,1H3. The molecule has 1 aromatic heterocycles. The van der Waals surface area contributed by atoms with Gasteiger partial charge in [0.25, 0.3) is 0 Å². The van der Waals surface area contributed by atoms with E-state index in [0.29, 0.717) is 30.8 Å². The van der Waals surface area contributed by atoms with Gasteiger partial charge < -0.3 is 14.4 Å². The molecule has 0 aliphatic heterocycles. The smallest absolute Gasteiger partial charge is 0.226 e. The Bertz CT molecular complexity index is 346. The van der Waals surface area contributed by atoms with Crippen LogP contribution >= 0.6 is 0 Å². The highest BCUT2D eigenvalue weighted by molar-refractivity contribution is 4.84. The van der Waals surface area contributed by atoms with Crippen molar-refractivity contribution in [3.8, 4) is 0 Å². The van der Waals surface area contributed by atoms with Gasteiger partial charge in [-0.05, 0) is 38.0 Å². The van der Waals surface area contributed by atoms with Gasteiger partial charge in [-0.3, -0.25) is 0 Å². The van der Waals surface area contributed by atoms with Gasteiger partial charge in [-0.25, -0.2) is 0 Å². The molecule has 0 unspecified atom stereocenters. The summed E-state index contributed by atoms with van der Waals surface area (Å²) < 4.78 is 10.9. The minimum absolute atomic E-state index is 0.279. The summed E-state index contributed by atoms with van der Waals surface area (Å²) in [7, 11) is 0. The quantitative estimate of drug-likeness (QED) is 0.841. The van der Waals surface area contributed by atoms with Gasteiger partial charge in [-0.15, -0.1) is 0 Å². The first kappa shape index (κ1) is 13.5. The van der Waals surface area contributed by atoms with Gasteiger partial charge in [0.1, 0.15) is 6.61 Å². The molecular weight excluding hydrogens is 232 g/mol. The third-order valence-electron chi connectivity index (χ3n) is 3.47. The second-order valence-corrected chi connectivity index (χ2v) is 4.99. The van der Waals surface area contributed by atoms with Gasteiger partial charge in [0.2, 0.25) is 5.89 Å². The van der Waals surface area contributed by atoms with Crippen LogP contribution in [0.5, 0.6) is 0 Å². The molecule has 5 nitrogen and oxygen atoms in total. The molecule has 1 aliphatic rings. The van der Waals surface area contributed by atoms with Gasteiger partial charge >= 0.3 is 0 Å². The number of ether oxygens (including phenoxy) is 1. The highest BCUT2D eigenvalue weighted by Crippen LogP contribution is 2.26. The second-order valence-electron chi connectivity index (χ2n) is 4.99. The van der Waals surface area contributed by atoms with Crippen molar-refractivity contribution in [1.29, 1.82) is 0 Å². The predicted octanol–water partition coefficient (Wildman–Crippen LogP) is 2.09. The lowest BCUT2D eigenvalue weighted by molar-refractivity contribution is -0.00224. The van der Waals surface area contributed by atoms with Crippen LogP contribution in [0, 0.1) is 5.92 Å². The average molecular weight is 254 g/mol. The monoisotopic (exact) mass is 254 g/mol. The Morgan fingerprint density at radius 1 is 1.33 bits per heavy atom. The van der Waals surface area contributed by atoms with Gasteiger partial charge in [0, 0.05) is 13.0 Å². The number of hydrogen-bond acceptors (Lipinski definition) is 5. The predicted molar refractivity (Wildman–Crippen MR) is 65.9 cm³/mol. The van der Waals surface area contributed by atoms with E-state index in [4.69, 9.17) is 14.4 Å².